The van der Waals surface area contributed by atoms with Crippen molar-refractivity contribution in [1.82, 2.24) is 0 Å². The van der Waals surface area contributed by atoms with Crippen LogP contribution in [-0.2, 0) is 33.3 Å². The molecular weight excluding hydrogens is 851 g/mol. The third-order valence-corrected chi connectivity index (χ3v) is 11.1. The molecule has 0 aliphatic rings. The van der Waals surface area contributed by atoms with Gasteiger partial charge in [-0.15, -0.1) is 0 Å². The first-order chi connectivity index (χ1) is 33.1. The van der Waals surface area contributed by atoms with E-state index >= 15 is 0 Å². The summed E-state index contributed by atoms with van der Waals surface area (Å²) in [6, 6.07) is 0. The number of unbranched alkanes of at least 4 members (excludes halogenated alkanes) is 17. The van der Waals surface area contributed by atoms with Gasteiger partial charge < -0.3 is 33.3 Å². The summed E-state index contributed by atoms with van der Waals surface area (Å²) in [5.41, 5.74) is 0. The molecule has 0 bridgehead atoms. The summed E-state index contributed by atoms with van der Waals surface area (Å²) < 4.78 is 22.6. The number of allylic oxidation sites excluding steroid dienone is 16. The molecule has 0 rings (SSSR count). The van der Waals surface area contributed by atoms with Gasteiger partial charge in [0, 0.05) is 12.8 Å². The summed E-state index contributed by atoms with van der Waals surface area (Å²) in [5, 5.41) is 11.7. The van der Waals surface area contributed by atoms with E-state index in [4.69, 9.17) is 18.9 Å². The second-order valence-electron chi connectivity index (χ2n) is 18.8. The maximum Gasteiger partial charge on any atom is 0.306 e. The zero-order chi connectivity index (χ0) is 49.9. The number of carboxylic acids is 1. The van der Waals surface area contributed by atoms with Gasteiger partial charge in [-0.1, -0.05) is 188 Å². The Morgan fingerprint density at radius 1 is 0.456 bits per heavy atom. The Bertz CT molecular complexity index is 1430. The Labute approximate surface area is 416 Å². The Hall–Kier alpha value is -3.79. The zero-order valence-electron chi connectivity index (χ0n) is 43.9. The molecule has 0 saturated carbocycles. The number of quaternary nitrogens is 1. The molecule has 388 valence electrons. The minimum absolute atomic E-state index is 0.135. The average Bonchev–Trinajstić information content (AvgIpc) is 3.30. The van der Waals surface area contributed by atoms with Crippen LogP contribution in [0.2, 0.25) is 0 Å². The van der Waals surface area contributed by atoms with Crippen molar-refractivity contribution in [2.24, 2.45) is 0 Å². The fraction of sp³-hybridized carbons (Fsp3) is 0.678. The first-order valence-electron chi connectivity index (χ1n) is 26.9. The van der Waals surface area contributed by atoms with Gasteiger partial charge in [-0.3, -0.25) is 9.59 Å². The largest absolute Gasteiger partial charge is 0.545 e. The van der Waals surface area contributed by atoms with E-state index in [1.165, 1.54) is 70.6 Å². The Morgan fingerprint density at radius 2 is 0.838 bits per heavy atom. The van der Waals surface area contributed by atoms with Gasteiger partial charge in [0.15, 0.2) is 12.4 Å². The Morgan fingerprint density at radius 3 is 1.28 bits per heavy atom. The first-order valence-corrected chi connectivity index (χ1v) is 26.9. The maximum atomic E-state index is 12.8. The highest BCUT2D eigenvalue weighted by Crippen LogP contribution is 2.13. The summed E-state index contributed by atoms with van der Waals surface area (Å²) in [6.07, 6.45) is 63.0. The molecule has 9 nitrogen and oxygen atoms in total. The number of carboxylic acid groups (broad SMARTS) is 1. The fourth-order valence-corrected chi connectivity index (χ4v) is 6.92. The first kappa shape index (κ1) is 64.2. The van der Waals surface area contributed by atoms with Crippen LogP contribution >= 0.6 is 0 Å². The number of carbonyl (C=O) groups is 3. The molecule has 0 heterocycles. The molecule has 9 heteroatoms. The molecule has 2 atom stereocenters. The van der Waals surface area contributed by atoms with Gasteiger partial charge in [0.05, 0.1) is 40.3 Å². The van der Waals surface area contributed by atoms with Crippen molar-refractivity contribution in [3.63, 3.8) is 0 Å². The number of likely N-dealkylation sites (N-methyl/N-ethyl adjacent to an activating group) is 1. The number of ether oxygens (including phenoxy) is 4. The topological polar surface area (TPSA) is 111 Å². The summed E-state index contributed by atoms with van der Waals surface area (Å²) in [4.78, 5) is 37.2. The lowest BCUT2D eigenvalue weighted by Crippen LogP contribution is -2.44. The van der Waals surface area contributed by atoms with E-state index in [2.05, 4.69) is 111 Å². The van der Waals surface area contributed by atoms with Crippen molar-refractivity contribution in [2.45, 2.75) is 212 Å². The zero-order valence-corrected chi connectivity index (χ0v) is 43.9. The highest BCUT2D eigenvalue weighted by molar-refractivity contribution is 5.70. The molecule has 0 radical (unpaired) electrons. The van der Waals surface area contributed by atoms with Gasteiger partial charge in [-0.25, -0.2) is 0 Å². The lowest BCUT2D eigenvalue weighted by Gasteiger charge is -2.26. The molecule has 0 N–H and O–H groups in total. The number of aliphatic carboxylic acids is 1. The van der Waals surface area contributed by atoms with Gasteiger partial charge in [-0.05, 0) is 96.3 Å². The standard InChI is InChI=1S/C59H99NO8/c1-6-8-10-12-14-16-18-20-22-24-26-27-28-29-30-31-32-34-36-38-40-42-44-46-48-50-57(62)68-55(54-67-59(58(63)64)65-52-51-60(3,4)5)53-66-56(61)49-47-45-43-41-39-37-35-33-25-23-21-19-17-15-13-11-9-7-2/h8,10,14,16,20,22-23,25-27,29-30,32,34,38,40,55,59H,6-7,9,11-13,15,17-19,21,24,28,31,33,35-37,39,41-54H2,1-5H3/b10-8-,16-14-,22-20-,25-23-,27-26-,30-29-,34-32-,40-38-. The molecule has 68 heavy (non-hydrogen) atoms. The smallest absolute Gasteiger partial charge is 0.306 e. The van der Waals surface area contributed by atoms with Crippen molar-refractivity contribution in [3.05, 3.63) is 97.2 Å². The monoisotopic (exact) mass is 950 g/mol. The number of hydrogen-bond acceptors (Lipinski definition) is 8. The predicted molar refractivity (Wildman–Crippen MR) is 283 cm³/mol. The number of esters is 2. The molecule has 0 amide bonds. The van der Waals surface area contributed by atoms with E-state index in [0.717, 1.165) is 96.3 Å². The molecule has 0 spiro atoms. The second kappa shape index (κ2) is 49.6. The Balaban J connectivity index is 4.42. The quantitative estimate of drug-likeness (QED) is 0.0195. The highest BCUT2D eigenvalue weighted by atomic mass is 16.7. The van der Waals surface area contributed by atoms with Crippen molar-refractivity contribution >= 4 is 17.9 Å². The van der Waals surface area contributed by atoms with Crippen molar-refractivity contribution < 1.29 is 42.9 Å². The summed E-state index contributed by atoms with van der Waals surface area (Å²) in [7, 11) is 5.90. The number of nitrogens with zero attached hydrogens (tertiary/aromatic N) is 1. The minimum Gasteiger partial charge on any atom is -0.545 e. The number of rotatable bonds is 48. The van der Waals surface area contributed by atoms with E-state index in [1.807, 2.05) is 21.1 Å². The lowest BCUT2D eigenvalue weighted by molar-refractivity contribution is -0.870. The van der Waals surface area contributed by atoms with Crippen LogP contribution in [0.1, 0.15) is 200 Å². The van der Waals surface area contributed by atoms with Gasteiger partial charge in [0.2, 0.25) is 0 Å². The normalized spacial score (nSPS) is 13.6. The van der Waals surface area contributed by atoms with Gasteiger partial charge in [0.1, 0.15) is 13.2 Å². The molecule has 0 fully saturated rings. The van der Waals surface area contributed by atoms with Gasteiger partial charge in [0.25, 0.3) is 0 Å². The summed E-state index contributed by atoms with van der Waals surface area (Å²) >= 11 is 0. The van der Waals surface area contributed by atoms with Crippen molar-refractivity contribution in [1.29, 1.82) is 0 Å². The highest BCUT2D eigenvalue weighted by Gasteiger charge is 2.21. The van der Waals surface area contributed by atoms with E-state index in [9.17, 15) is 19.5 Å². The van der Waals surface area contributed by atoms with E-state index in [1.54, 1.807) is 0 Å². The van der Waals surface area contributed by atoms with Crippen LogP contribution in [0.4, 0.5) is 0 Å². The second-order valence-corrected chi connectivity index (χ2v) is 18.8. The molecule has 0 saturated heterocycles. The third kappa shape index (κ3) is 50.1. The van der Waals surface area contributed by atoms with Crippen molar-refractivity contribution in [3.8, 4) is 0 Å². The summed E-state index contributed by atoms with van der Waals surface area (Å²) in [6.45, 7) is 4.57. The van der Waals surface area contributed by atoms with Crippen LogP contribution in [0.3, 0.4) is 0 Å². The maximum absolute atomic E-state index is 12.8. The van der Waals surface area contributed by atoms with Crippen LogP contribution in [-0.4, -0.2) is 82.3 Å². The number of hydrogen-bond donors (Lipinski definition) is 0. The minimum atomic E-state index is -1.64. The number of carbonyl (C=O) groups excluding carboxylic acids is 3. The van der Waals surface area contributed by atoms with Gasteiger partial charge >= 0.3 is 11.9 Å². The molecule has 0 aliphatic carbocycles. The fourth-order valence-electron chi connectivity index (χ4n) is 6.92. The molecule has 0 aromatic rings. The third-order valence-electron chi connectivity index (χ3n) is 11.1. The molecule has 0 aromatic heterocycles. The Kier molecular flexibility index (Phi) is 46.9. The van der Waals surface area contributed by atoms with E-state index in [0.29, 0.717) is 17.4 Å². The summed E-state index contributed by atoms with van der Waals surface area (Å²) in [5.74, 6) is -2.34. The van der Waals surface area contributed by atoms with Crippen LogP contribution in [0.5, 0.6) is 0 Å². The van der Waals surface area contributed by atoms with E-state index < -0.39 is 24.3 Å². The predicted octanol–water partition coefficient (Wildman–Crippen LogP) is 14.1. The van der Waals surface area contributed by atoms with Crippen LogP contribution < -0.4 is 5.11 Å². The van der Waals surface area contributed by atoms with Crippen LogP contribution in [0.25, 0.3) is 0 Å². The average molecular weight is 950 g/mol. The SMILES string of the molecule is CC/C=C\C/C=C\C/C=C\C/C=C\C/C=C\C/C=C\C/C=C\CCCCCC(=O)OC(COC(=O)CCCCCCCCC/C=C\CCCCCCCCC)COC(OCC[N+](C)(C)C)C(=O)[O-]. The molecular formula is C59H99NO8. The van der Waals surface area contributed by atoms with Gasteiger partial charge in [-0.2, -0.15) is 0 Å². The van der Waals surface area contributed by atoms with E-state index in [-0.39, 0.29) is 38.6 Å². The molecule has 2 unspecified atom stereocenters. The van der Waals surface area contributed by atoms with Crippen LogP contribution in [0, 0.1) is 0 Å². The van der Waals surface area contributed by atoms with Crippen LogP contribution in [0.15, 0.2) is 97.2 Å². The van der Waals surface area contributed by atoms with Crippen molar-refractivity contribution in [2.75, 3.05) is 47.5 Å². The molecule has 0 aromatic carbocycles. The lowest BCUT2D eigenvalue weighted by atomic mass is 10.1. The molecule has 0 aliphatic heterocycles.